The Balaban J connectivity index is 1.34. The van der Waals surface area contributed by atoms with Gasteiger partial charge in [-0.15, -0.1) is 0 Å². The molecule has 1 saturated carbocycles. The van der Waals surface area contributed by atoms with Crippen molar-refractivity contribution in [3.63, 3.8) is 0 Å². The highest BCUT2D eigenvalue weighted by atomic mass is 16.7. The first kappa shape index (κ1) is 15.7. The lowest BCUT2D eigenvalue weighted by Gasteiger charge is -2.21. The maximum Gasteiger partial charge on any atom is 0.309 e. The summed E-state index contributed by atoms with van der Waals surface area (Å²) in [6, 6.07) is 0. The minimum absolute atomic E-state index is 0.0329. The van der Waals surface area contributed by atoms with E-state index in [4.69, 9.17) is 14.2 Å². The summed E-state index contributed by atoms with van der Waals surface area (Å²) in [5.41, 5.74) is 0. The third-order valence-electron chi connectivity index (χ3n) is 4.49. The fourth-order valence-electron chi connectivity index (χ4n) is 3.27. The molecule has 0 aromatic carbocycles. The van der Waals surface area contributed by atoms with Crippen LogP contribution in [0, 0.1) is 0 Å². The molecule has 0 unspecified atom stereocenters. The summed E-state index contributed by atoms with van der Waals surface area (Å²) >= 11 is 0. The molecule has 2 atom stereocenters. The van der Waals surface area contributed by atoms with E-state index in [1.165, 1.54) is 0 Å². The molecule has 7 heteroatoms. The molecule has 2 amide bonds. The van der Waals surface area contributed by atoms with Crippen molar-refractivity contribution >= 4 is 11.8 Å². The second kappa shape index (κ2) is 6.93. The first-order valence-corrected chi connectivity index (χ1v) is 8.16. The Labute approximate surface area is 130 Å². The number of amides is 2. The Bertz CT molecular complexity index is 416. The highest BCUT2D eigenvalue weighted by molar-refractivity contribution is 6.35. The van der Waals surface area contributed by atoms with Crippen LogP contribution >= 0.6 is 0 Å². The second-order valence-corrected chi connectivity index (χ2v) is 6.22. The zero-order valence-electron chi connectivity index (χ0n) is 12.8. The van der Waals surface area contributed by atoms with Crippen molar-refractivity contribution < 1.29 is 23.8 Å². The van der Waals surface area contributed by atoms with Gasteiger partial charge in [0.25, 0.3) is 0 Å². The maximum absolute atomic E-state index is 11.8. The second-order valence-electron chi connectivity index (χ2n) is 6.22. The third kappa shape index (κ3) is 3.77. The fourth-order valence-corrected chi connectivity index (χ4v) is 3.27. The molecular formula is C15H24N2O5. The standard InChI is InChI=1S/C15H24N2O5/c18-13(16-8-11-4-3-7-20-11)14(19)17-9-12-10-21-15(22-12)5-1-2-6-15/h11-12H,1-10H2,(H,16,18)(H,17,19)/t11-,12-/m1/s1. The first-order chi connectivity index (χ1) is 10.7. The van der Waals surface area contributed by atoms with Gasteiger partial charge >= 0.3 is 11.8 Å². The number of carbonyl (C=O) groups is 2. The van der Waals surface area contributed by atoms with Gasteiger partial charge in [0.15, 0.2) is 5.79 Å². The SMILES string of the molecule is O=C(NC[C@H]1CCCO1)C(=O)NC[C@@H]1COC2(CCCC2)O1. The zero-order chi connectivity index (χ0) is 15.4. The lowest BCUT2D eigenvalue weighted by molar-refractivity contribution is -0.161. The summed E-state index contributed by atoms with van der Waals surface area (Å²) in [6.45, 7) is 1.89. The number of hydrogen-bond donors (Lipinski definition) is 2. The lowest BCUT2D eigenvalue weighted by Crippen LogP contribution is -2.45. The van der Waals surface area contributed by atoms with Crippen LogP contribution in [0.15, 0.2) is 0 Å². The molecule has 1 spiro atoms. The average molecular weight is 312 g/mol. The molecule has 1 aliphatic carbocycles. The van der Waals surface area contributed by atoms with Crippen LogP contribution in [0.5, 0.6) is 0 Å². The third-order valence-corrected chi connectivity index (χ3v) is 4.49. The number of hydrogen-bond acceptors (Lipinski definition) is 5. The monoisotopic (exact) mass is 312 g/mol. The molecule has 7 nitrogen and oxygen atoms in total. The van der Waals surface area contributed by atoms with E-state index < -0.39 is 17.6 Å². The highest BCUT2D eigenvalue weighted by Crippen LogP contribution is 2.38. The number of ether oxygens (including phenoxy) is 3. The molecule has 3 fully saturated rings. The van der Waals surface area contributed by atoms with Crippen LogP contribution in [-0.4, -0.2) is 56.1 Å². The Hall–Kier alpha value is -1.18. The van der Waals surface area contributed by atoms with Crippen molar-refractivity contribution in [1.29, 1.82) is 0 Å². The van der Waals surface area contributed by atoms with Gasteiger partial charge in [-0.2, -0.15) is 0 Å². The molecule has 3 aliphatic rings. The molecular weight excluding hydrogens is 288 g/mol. The topological polar surface area (TPSA) is 85.9 Å². The van der Waals surface area contributed by atoms with Crippen LogP contribution in [0.3, 0.4) is 0 Å². The maximum atomic E-state index is 11.8. The number of rotatable bonds is 4. The van der Waals surface area contributed by atoms with Gasteiger partial charge in [-0.3, -0.25) is 9.59 Å². The van der Waals surface area contributed by atoms with Gasteiger partial charge in [-0.1, -0.05) is 0 Å². The van der Waals surface area contributed by atoms with Gasteiger partial charge in [0.1, 0.15) is 6.10 Å². The van der Waals surface area contributed by atoms with E-state index in [-0.39, 0.29) is 12.2 Å². The summed E-state index contributed by atoms with van der Waals surface area (Å²) < 4.78 is 17.0. The predicted molar refractivity (Wildman–Crippen MR) is 77.0 cm³/mol. The van der Waals surface area contributed by atoms with E-state index in [9.17, 15) is 9.59 Å². The van der Waals surface area contributed by atoms with Crippen LogP contribution in [-0.2, 0) is 23.8 Å². The number of nitrogens with one attached hydrogen (secondary N) is 2. The normalized spacial score (nSPS) is 29.8. The van der Waals surface area contributed by atoms with Gasteiger partial charge in [-0.05, 0) is 25.7 Å². The smallest absolute Gasteiger partial charge is 0.309 e. The van der Waals surface area contributed by atoms with Crippen molar-refractivity contribution in [3.8, 4) is 0 Å². The summed E-state index contributed by atoms with van der Waals surface area (Å²) in [5, 5.41) is 5.21. The molecule has 2 saturated heterocycles. The van der Waals surface area contributed by atoms with Crippen molar-refractivity contribution in [2.75, 3.05) is 26.3 Å². The molecule has 3 rings (SSSR count). The molecule has 0 bridgehead atoms. The van der Waals surface area contributed by atoms with E-state index in [1.54, 1.807) is 0 Å². The molecule has 0 aromatic rings. The largest absolute Gasteiger partial charge is 0.376 e. The Kier molecular flexibility index (Phi) is 4.95. The van der Waals surface area contributed by atoms with Gasteiger partial charge in [-0.25, -0.2) is 0 Å². The molecule has 2 aliphatic heterocycles. The van der Waals surface area contributed by atoms with Crippen molar-refractivity contribution in [3.05, 3.63) is 0 Å². The summed E-state index contributed by atoms with van der Waals surface area (Å²) in [4.78, 5) is 23.5. The van der Waals surface area contributed by atoms with Crippen LogP contribution in [0.4, 0.5) is 0 Å². The van der Waals surface area contributed by atoms with E-state index in [0.717, 1.165) is 45.1 Å². The number of carbonyl (C=O) groups excluding carboxylic acids is 2. The van der Waals surface area contributed by atoms with Gasteiger partial charge in [0.05, 0.1) is 12.7 Å². The van der Waals surface area contributed by atoms with E-state index in [0.29, 0.717) is 19.7 Å². The van der Waals surface area contributed by atoms with Crippen LogP contribution in [0.25, 0.3) is 0 Å². The average Bonchev–Trinajstić information content (AvgIpc) is 3.26. The van der Waals surface area contributed by atoms with Gasteiger partial charge in [0.2, 0.25) is 0 Å². The quantitative estimate of drug-likeness (QED) is 0.718. The van der Waals surface area contributed by atoms with Crippen LogP contribution in [0.2, 0.25) is 0 Å². The van der Waals surface area contributed by atoms with E-state index in [2.05, 4.69) is 10.6 Å². The summed E-state index contributed by atoms with van der Waals surface area (Å²) in [7, 11) is 0. The molecule has 2 heterocycles. The highest BCUT2D eigenvalue weighted by Gasteiger charge is 2.43. The Morgan fingerprint density at radius 1 is 1.00 bits per heavy atom. The van der Waals surface area contributed by atoms with Crippen LogP contribution in [0.1, 0.15) is 38.5 Å². The minimum Gasteiger partial charge on any atom is -0.376 e. The van der Waals surface area contributed by atoms with Gasteiger partial charge < -0.3 is 24.8 Å². The van der Waals surface area contributed by atoms with E-state index in [1.807, 2.05) is 0 Å². The molecule has 22 heavy (non-hydrogen) atoms. The molecule has 124 valence electrons. The first-order valence-electron chi connectivity index (χ1n) is 8.16. The molecule has 2 N–H and O–H groups in total. The van der Waals surface area contributed by atoms with E-state index >= 15 is 0 Å². The zero-order valence-corrected chi connectivity index (χ0v) is 12.8. The van der Waals surface area contributed by atoms with Crippen molar-refractivity contribution in [2.45, 2.75) is 56.5 Å². The van der Waals surface area contributed by atoms with Crippen molar-refractivity contribution in [1.82, 2.24) is 10.6 Å². The summed E-state index contributed by atoms with van der Waals surface area (Å²) in [5.74, 6) is -1.68. The fraction of sp³-hybridized carbons (Fsp3) is 0.867. The molecule has 0 radical (unpaired) electrons. The van der Waals surface area contributed by atoms with Crippen molar-refractivity contribution in [2.24, 2.45) is 0 Å². The minimum atomic E-state index is -0.631. The van der Waals surface area contributed by atoms with Crippen LogP contribution < -0.4 is 10.6 Å². The Morgan fingerprint density at radius 2 is 1.68 bits per heavy atom. The summed E-state index contributed by atoms with van der Waals surface area (Å²) in [6.07, 6.45) is 5.86. The lowest BCUT2D eigenvalue weighted by atomic mass is 10.2. The predicted octanol–water partition coefficient (Wildman–Crippen LogP) is 0.0835. The molecule has 0 aromatic heterocycles. The van der Waals surface area contributed by atoms with Gasteiger partial charge in [0, 0.05) is 32.5 Å². The Morgan fingerprint density at radius 3 is 2.32 bits per heavy atom.